The molecule has 2 N–H and O–H groups in total. The number of amides is 2. The monoisotopic (exact) mass is 512 g/mol. The summed E-state index contributed by atoms with van der Waals surface area (Å²) in [7, 11) is 0. The van der Waals surface area contributed by atoms with Crippen LogP contribution in [-0.4, -0.2) is 33.0 Å². The molecule has 0 atom stereocenters. The van der Waals surface area contributed by atoms with E-state index in [0.29, 0.717) is 27.8 Å². The first-order valence-electron chi connectivity index (χ1n) is 11.2. The second kappa shape index (κ2) is 8.34. The average molecular weight is 512 g/mol. The molecule has 0 saturated heterocycles. The van der Waals surface area contributed by atoms with Gasteiger partial charge in [-0.1, -0.05) is 6.07 Å². The molecule has 6 rings (SSSR count). The summed E-state index contributed by atoms with van der Waals surface area (Å²) in [6, 6.07) is 15.7. The van der Waals surface area contributed by atoms with Crippen molar-refractivity contribution in [2.24, 2.45) is 0 Å². The number of carbonyl (C=O) groups is 3. The van der Waals surface area contributed by atoms with Crippen molar-refractivity contribution in [3.63, 3.8) is 0 Å². The maximum Gasteiger partial charge on any atom is 0.335 e. The van der Waals surface area contributed by atoms with Crippen LogP contribution in [0.25, 0.3) is 33.7 Å². The van der Waals surface area contributed by atoms with Crippen LogP contribution in [0.4, 0.5) is 14.5 Å². The van der Waals surface area contributed by atoms with E-state index in [9.17, 15) is 33.4 Å². The van der Waals surface area contributed by atoms with Crippen molar-refractivity contribution in [3.05, 3.63) is 101 Å². The molecule has 0 fully saturated rings. The third-order valence-electron chi connectivity index (χ3n) is 6.18. The number of aromatic carboxylic acids is 1. The number of nitrogens with zero attached hydrogens (tertiary/aromatic N) is 2. The van der Waals surface area contributed by atoms with Crippen LogP contribution in [0.2, 0.25) is 0 Å². The zero-order chi connectivity index (χ0) is 26.7. The molecule has 10 heteroatoms. The number of aromatic hydroxyl groups is 1. The fourth-order valence-electron chi connectivity index (χ4n) is 4.38. The molecule has 0 saturated carbocycles. The smallest absolute Gasteiger partial charge is 0.335 e. The highest BCUT2D eigenvalue weighted by Gasteiger charge is 2.38. The Kier molecular flexibility index (Phi) is 5.06. The van der Waals surface area contributed by atoms with E-state index in [2.05, 4.69) is 4.98 Å². The predicted octanol–water partition coefficient (Wildman–Crippen LogP) is 5.64. The Morgan fingerprint density at radius 3 is 2.24 bits per heavy atom. The molecule has 0 unspecified atom stereocenters. The molecule has 0 aliphatic carbocycles. The number of imide groups is 1. The lowest BCUT2D eigenvalue weighted by atomic mass is 10.1. The van der Waals surface area contributed by atoms with Crippen molar-refractivity contribution < 1.29 is 37.8 Å². The number of carbonyl (C=O) groups excluding carboxylic acids is 2. The van der Waals surface area contributed by atoms with Gasteiger partial charge in [0.25, 0.3) is 11.8 Å². The van der Waals surface area contributed by atoms with Gasteiger partial charge < -0.3 is 14.6 Å². The van der Waals surface area contributed by atoms with E-state index in [1.807, 2.05) is 0 Å². The zero-order valence-corrected chi connectivity index (χ0v) is 19.1. The first-order valence-corrected chi connectivity index (χ1v) is 11.2. The van der Waals surface area contributed by atoms with Crippen molar-refractivity contribution in [2.45, 2.75) is 0 Å². The van der Waals surface area contributed by atoms with Crippen LogP contribution >= 0.6 is 0 Å². The number of oxazole rings is 1. The third-order valence-corrected chi connectivity index (χ3v) is 6.18. The van der Waals surface area contributed by atoms with Crippen LogP contribution in [0.1, 0.15) is 31.1 Å². The Hall–Kier alpha value is -5.38. The van der Waals surface area contributed by atoms with Crippen LogP contribution in [0.3, 0.4) is 0 Å². The number of rotatable bonds is 4. The maximum atomic E-state index is 13.7. The van der Waals surface area contributed by atoms with Crippen molar-refractivity contribution in [1.82, 2.24) is 4.98 Å². The second-order valence-corrected chi connectivity index (χ2v) is 8.57. The zero-order valence-electron chi connectivity index (χ0n) is 19.1. The van der Waals surface area contributed by atoms with E-state index in [0.717, 1.165) is 17.0 Å². The molecular formula is C28H14F2N2O6. The number of carboxylic acids is 1. The quantitative estimate of drug-likeness (QED) is 0.299. The summed E-state index contributed by atoms with van der Waals surface area (Å²) < 4.78 is 33.2. The first kappa shape index (κ1) is 23.0. The first-order chi connectivity index (χ1) is 18.2. The van der Waals surface area contributed by atoms with E-state index in [-0.39, 0.29) is 34.0 Å². The van der Waals surface area contributed by atoms with Gasteiger partial charge in [0.2, 0.25) is 5.89 Å². The summed E-state index contributed by atoms with van der Waals surface area (Å²) in [6.45, 7) is 0. The van der Waals surface area contributed by atoms with Gasteiger partial charge in [-0.05, 0) is 71.8 Å². The van der Waals surface area contributed by atoms with Gasteiger partial charge in [-0.3, -0.25) is 9.59 Å². The minimum atomic E-state index is -1.25. The molecule has 38 heavy (non-hydrogen) atoms. The lowest BCUT2D eigenvalue weighted by molar-refractivity contribution is 0.0696. The Morgan fingerprint density at radius 1 is 0.789 bits per heavy atom. The highest BCUT2D eigenvalue weighted by molar-refractivity contribution is 6.35. The van der Waals surface area contributed by atoms with Gasteiger partial charge in [-0.25, -0.2) is 23.5 Å². The van der Waals surface area contributed by atoms with Crippen LogP contribution in [0.15, 0.2) is 77.2 Å². The van der Waals surface area contributed by atoms with Gasteiger partial charge >= 0.3 is 5.97 Å². The van der Waals surface area contributed by atoms with E-state index >= 15 is 0 Å². The number of carboxylic acid groups (broad SMARTS) is 1. The topological polar surface area (TPSA) is 121 Å². The normalized spacial score (nSPS) is 12.8. The highest BCUT2D eigenvalue weighted by atomic mass is 19.1. The summed E-state index contributed by atoms with van der Waals surface area (Å²) in [5.41, 5.74) is 1.54. The van der Waals surface area contributed by atoms with Crippen LogP contribution in [0.5, 0.6) is 5.75 Å². The van der Waals surface area contributed by atoms with E-state index in [1.54, 1.807) is 18.2 Å². The molecular weight excluding hydrogens is 498 g/mol. The Labute approximate surface area is 212 Å². The average Bonchev–Trinajstić information content (AvgIpc) is 3.42. The molecule has 1 aliphatic heterocycles. The van der Waals surface area contributed by atoms with Crippen LogP contribution in [0, 0.1) is 11.6 Å². The number of aromatic nitrogens is 1. The molecule has 1 aromatic heterocycles. The van der Waals surface area contributed by atoms with E-state index in [1.165, 1.54) is 42.5 Å². The Morgan fingerprint density at radius 2 is 1.50 bits per heavy atom. The molecule has 186 valence electrons. The minimum absolute atomic E-state index is 0.00739. The van der Waals surface area contributed by atoms with Crippen LogP contribution < -0.4 is 4.90 Å². The number of halogens is 2. The third kappa shape index (κ3) is 3.66. The molecule has 8 nitrogen and oxygen atoms in total. The summed E-state index contributed by atoms with van der Waals surface area (Å²) in [4.78, 5) is 42.5. The lowest BCUT2D eigenvalue weighted by Gasteiger charge is -2.16. The highest BCUT2D eigenvalue weighted by Crippen LogP contribution is 2.38. The maximum absolute atomic E-state index is 13.7. The number of anilines is 1. The number of benzene rings is 4. The number of fused-ring (bicyclic) bond motifs is 2. The fourth-order valence-corrected chi connectivity index (χ4v) is 4.38. The predicted molar refractivity (Wildman–Crippen MR) is 131 cm³/mol. The Balaban J connectivity index is 1.39. The van der Waals surface area contributed by atoms with Gasteiger partial charge in [-0.2, -0.15) is 0 Å². The summed E-state index contributed by atoms with van der Waals surface area (Å²) in [6.07, 6.45) is 0. The SMILES string of the molecule is O=C(O)c1ccc2c(c1)C(=O)N(c1cc(-c3nc4cc(-c5cc(F)cc(F)c5)ccc4o3)ccc1O)C2=O. The number of hydrogen-bond acceptors (Lipinski definition) is 6. The van der Waals surface area contributed by atoms with Crippen molar-refractivity contribution in [3.8, 4) is 28.3 Å². The molecule has 0 radical (unpaired) electrons. The van der Waals surface area contributed by atoms with Crippen molar-refractivity contribution in [1.29, 1.82) is 0 Å². The Bertz CT molecular complexity index is 1820. The summed E-state index contributed by atoms with van der Waals surface area (Å²) in [5, 5.41) is 19.7. The van der Waals surface area contributed by atoms with Gasteiger partial charge in [0.15, 0.2) is 5.58 Å². The van der Waals surface area contributed by atoms with Gasteiger partial charge in [-0.15, -0.1) is 0 Å². The molecule has 5 aromatic rings. The molecule has 4 aromatic carbocycles. The molecule has 2 amide bonds. The van der Waals surface area contributed by atoms with E-state index in [4.69, 9.17) is 4.42 Å². The lowest BCUT2D eigenvalue weighted by Crippen LogP contribution is -2.29. The number of phenols is 1. The van der Waals surface area contributed by atoms with Gasteiger partial charge in [0.1, 0.15) is 22.9 Å². The second-order valence-electron chi connectivity index (χ2n) is 8.57. The number of hydrogen-bond donors (Lipinski definition) is 2. The molecule has 1 aliphatic rings. The largest absolute Gasteiger partial charge is 0.506 e. The summed E-state index contributed by atoms with van der Waals surface area (Å²) in [5.74, 6) is -4.46. The van der Waals surface area contributed by atoms with Gasteiger partial charge in [0.05, 0.1) is 22.4 Å². The van der Waals surface area contributed by atoms with Crippen molar-refractivity contribution in [2.75, 3.05) is 4.90 Å². The molecule has 2 heterocycles. The summed E-state index contributed by atoms with van der Waals surface area (Å²) >= 11 is 0. The van der Waals surface area contributed by atoms with E-state index < -0.39 is 29.4 Å². The van der Waals surface area contributed by atoms with Crippen molar-refractivity contribution >= 4 is 34.6 Å². The molecule has 0 bridgehead atoms. The fraction of sp³-hybridized carbons (Fsp3) is 0. The van der Waals surface area contributed by atoms with Gasteiger partial charge in [0, 0.05) is 11.6 Å². The number of phenolic OH excluding ortho intramolecular Hbond substituents is 1. The van der Waals surface area contributed by atoms with Crippen LogP contribution in [-0.2, 0) is 0 Å². The molecule has 0 spiro atoms. The minimum Gasteiger partial charge on any atom is -0.506 e. The standard InChI is InChI=1S/C28H14F2N2O6/c29-17-7-16(8-18(30)12-17)13-3-6-24-21(10-13)31-25(38-24)14-2-5-23(33)22(11-14)32-26(34)19-4-1-15(28(36)37)9-20(19)27(32)35/h1-12,33H,(H,36,37).